The molecule has 86 valence electrons. The maximum absolute atomic E-state index is 12.3. The molecule has 1 rings (SSSR count). The first-order chi connectivity index (χ1) is 6.45. The van der Waals surface area contributed by atoms with Crippen LogP contribution in [0.4, 0.5) is 13.2 Å². The molecule has 1 nitrogen and oxygen atoms in total. The van der Waals surface area contributed by atoms with E-state index in [1.54, 1.807) is 6.07 Å². The fraction of sp³-hybridized carbons (Fsp3) is 0.400. The lowest BCUT2D eigenvalue weighted by Gasteiger charge is -2.12. The number of hydrogen-bond acceptors (Lipinski definition) is 1. The topological polar surface area (TPSA) is 26.0 Å². The molecule has 1 aromatic carbocycles. The average Bonchev–Trinajstić information content (AvgIpc) is 2.15. The van der Waals surface area contributed by atoms with E-state index >= 15 is 0 Å². The summed E-state index contributed by atoms with van der Waals surface area (Å²) in [5.74, 6) is 0. The van der Waals surface area contributed by atoms with Gasteiger partial charge in [0.25, 0.3) is 0 Å². The summed E-state index contributed by atoms with van der Waals surface area (Å²) >= 11 is 0. The molecule has 0 aliphatic rings. The molecule has 1 aromatic rings. The Labute approximate surface area is 92.9 Å². The number of rotatable bonds is 2. The van der Waals surface area contributed by atoms with Gasteiger partial charge >= 0.3 is 6.18 Å². The quantitative estimate of drug-likeness (QED) is 0.839. The Balaban J connectivity index is 0.00000196. The summed E-state index contributed by atoms with van der Waals surface area (Å²) in [7, 11) is 0. The van der Waals surface area contributed by atoms with Crippen molar-refractivity contribution in [1.82, 2.24) is 0 Å². The number of hydrogen-bond donors (Lipinski definition) is 1. The standard InChI is InChI=1S/C10H12F3N.ClH/c1-2-9(14)7-4-3-5-8(6-7)10(11,12)13;/h3-6,9H,2,14H2,1H3;1H/t9-;/m1./s1. The minimum atomic E-state index is -4.29. The molecule has 15 heavy (non-hydrogen) atoms. The van der Waals surface area contributed by atoms with Gasteiger partial charge in [0, 0.05) is 6.04 Å². The molecular formula is C10H13ClF3N. The number of nitrogens with two attached hydrogens (primary N) is 1. The van der Waals surface area contributed by atoms with Crippen molar-refractivity contribution < 1.29 is 13.2 Å². The van der Waals surface area contributed by atoms with Gasteiger partial charge in [-0.3, -0.25) is 0 Å². The summed E-state index contributed by atoms with van der Waals surface area (Å²) in [5.41, 5.74) is 5.53. The predicted octanol–water partition coefficient (Wildman–Crippen LogP) is 3.54. The average molecular weight is 240 g/mol. The third-order valence-electron chi connectivity index (χ3n) is 2.08. The fourth-order valence-electron chi connectivity index (χ4n) is 1.18. The van der Waals surface area contributed by atoms with Crippen LogP contribution in [0.3, 0.4) is 0 Å². The highest BCUT2D eigenvalue weighted by Gasteiger charge is 2.30. The first-order valence-corrected chi connectivity index (χ1v) is 4.38. The molecule has 0 aliphatic carbocycles. The minimum absolute atomic E-state index is 0. The van der Waals surface area contributed by atoms with E-state index in [1.807, 2.05) is 6.92 Å². The molecule has 0 fully saturated rings. The van der Waals surface area contributed by atoms with E-state index in [4.69, 9.17) is 5.73 Å². The van der Waals surface area contributed by atoms with Gasteiger partial charge in [0.15, 0.2) is 0 Å². The van der Waals surface area contributed by atoms with E-state index in [0.29, 0.717) is 12.0 Å². The van der Waals surface area contributed by atoms with Crippen molar-refractivity contribution in [1.29, 1.82) is 0 Å². The number of halogens is 4. The molecule has 0 spiro atoms. The lowest BCUT2D eigenvalue weighted by atomic mass is 10.0. The molecule has 2 N–H and O–H groups in total. The molecule has 1 atom stereocenters. The van der Waals surface area contributed by atoms with E-state index in [9.17, 15) is 13.2 Å². The molecule has 0 saturated heterocycles. The van der Waals surface area contributed by atoms with Crippen LogP contribution in [0.25, 0.3) is 0 Å². The van der Waals surface area contributed by atoms with Crippen LogP contribution >= 0.6 is 12.4 Å². The van der Waals surface area contributed by atoms with E-state index in [1.165, 1.54) is 6.07 Å². The third kappa shape index (κ3) is 3.72. The normalized spacial score (nSPS) is 13.1. The van der Waals surface area contributed by atoms with Crippen molar-refractivity contribution in [3.8, 4) is 0 Å². The molecule has 0 saturated carbocycles. The van der Waals surface area contributed by atoms with E-state index < -0.39 is 11.7 Å². The molecular weight excluding hydrogens is 227 g/mol. The highest BCUT2D eigenvalue weighted by molar-refractivity contribution is 5.85. The second kappa shape index (κ2) is 5.37. The Morgan fingerprint density at radius 1 is 1.33 bits per heavy atom. The van der Waals surface area contributed by atoms with Crippen molar-refractivity contribution in [3.63, 3.8) is 0 Å². The van der Waals surface area contributed by atoms with E-state index in [2.05, 4.69) is 0 Å². The summed E-state index contributed by atoms with van der Waals surface area (Å²) in [6.07, 6.45) is -3.66. The summed E-state index contributed by atoms with van der Waals surface area (Å²) in [4.78, 5) is 0. The summed E-state index contributed by atoms with van der Waals surface area (Å²) in [6, 6.07) is 4.83. The highest BCUT2D eigenvalue weighted by atomic mass is 35.5. The Bertz CT molecular complexity index is 312. The molecule has 0 aliphatic heterocycles. The summed E-state index contributed by atoms with van der Waals surface area (Å²) in [6.45, 7) is 1.84. The largest absolute Gasteiger partial charge is 0.416 e. The number of alkyl halides is 3. The Hall–Kier alpha value is -0.740. The predicted molar refractivity (Wildman–Crippen MR) is 55.9 cm³/mol. The molecule has 0 amide bonds. The zero-order valence-electron chi connectivity index (χ0n) is 8.21. The van der Waals surface area contributed by atoms with Crippen LogP contribution in [-0.2, 0) is 6.18 Å². The van der Waals surface area contributed by atoms with Crippen molar-refractivity contribution in [3.05, 3.63) is 35.4 Å². The maximum Gasteiger partial charge on any atom is 0.416 e. The van der Waals surface area contributed by atoms with E-state index in [0.717, 1.165) is 12.1 Å². The zero-order valence-corrected chi connectivity index (χ0v) is 9.03. The van der Waals surface area contributed by atoms with Gasteiger partial charge in [-0.1, -0.05) is 19.1 Å². The van der Waals surface area contributed by atoms with Crippen molar-refractivity contribution in [2.45, 2.75) is 25.6 Å². The SMILES string of the molecule is CC[C@@H](N)c1cccc(C(F)(F)F)c1.Cl. The summed E-state index contributed by atoms with van der Waals surface area (Å²) in [5, 5.41) is 0. The van der Waals surface area contributed by atoms with Gasteiger partial charge in [-0.2, -0.15) is 13.2 Å². The first kappa shape index (κ1) is 14.3. The summed E-state index contributed by atoms with van der Waals surface area (Å²) < 4.78 is 36.9. The molecule has 0 radical (unpaired) electrons. The third-order valence-corrected chi connectivity index (χ3v) is 2.08. The zero-order chi connectivity index (χ0) is 10.8. The van der Waals surface area contributed by atoms with Gasteiger partial charge in [-0.15, -0.1) is 12.4 Å². The molecule has 5 heteroatoms. The highest BCUT2D eigenvalue weighted by Crippen LogP contribution is 2.30. The molecule has 0 unspecified atom stereocenters. The lowest BCUT2D eigenvalue weighted by Crippen LogP contribution is -2.11. The minimum Gasteiger partial charge on any atom is -0.324 e. The Morgan fingerprint density at radius 2 is 1.93 bits per heavy atom. The van der Waals surface area contributed by atoms with Gasteiger partial charge in [0.1, 0.15) is 0 Å². The van der Waals surface area contributed by atoms with Crippen LogP contribution in [0.1, 0.15) is 30.5 Å². The molecule has 0 heterocycles. The monoisotopic (exact) mass is 239 g/mol. The van der Waals surface area contributed by atoms with Gasteiger partial charge in [0.05, 0.1) is 5.56 Å². The van der Waals surface area contributed by atoms with Crippen LogP contribution in [0.2, 0.25) is 0 Å². The second-order valence-corrected chi connectivity index (χ2v) is 3.14. The van der Waals surface area contributed by atoms with Crippen LogP contribution in [0.5, 0.6) is 0 Å². The molecule has 0 aromatic heterocycles. The van der Waals surface area contributed by atoms with Crippen LogP contribution < -0.4 is 5.73 Å². The van der Waals surface area contributed by atoms with Gasteiger partial charge in [0.2, 0.25) is 0 Å². The second-order valence-electron chi connectivity index (χ2n) is 3.14. The van der Waals surface area contributed by atoms with Crippen LogP contribution in [0, 0.1) is 0 Å². The van der Waals surface area contributed by atoms with E-state index in [-0.39, 0.29) is 18.4 Å². The van der Waals surface area contributed by atoms with Gasteiger partial charge in [-0.05, 0) is 24.1 Å². The Morgan fingerprint density at radius 3 is 2.40 bits per heavy atom. The fourth-order valence-corrected chi connectivity index (χ4v) is 1.18. The first-order valence-electron chi connectivity index (χ1n) is 4.38. The number of benzene rings is 1. The van der Waals surface area contributed by atoms with Crippen LogP contribution in [-0.4, -0.2) is 0 Å². The lowest BCUT2D eigenvalue weighted by molar-refractivity contribution is -0.137. The Kier molecular flexibility index (Phi) is 5.11. The smallest absolute Gasteiger partial charge is 0.324 e. The van der Waals surface area contributed by atoms with Crippen LogP contribution in [0.15, 0.2) is 24.3 Å². The van der Waals surface area contributed by atoms with Crippen molar-refractivity contribution in [2.24, 2.45) is 5.73 Å². The van der Waals surface area contributed by atoms with Crippen molar-refractivity contribution >= 4 is 12.4 Å². The molecule has 0 bridgehead atoms. The maximum atomic E-state index is 12.3. The van der Waals surface area contributed by atoms with Crippen molar-refractivity contribution in [2.75, 3.05) is 0 Å². The van der Waals surface area contributed by atoms with Gasteiger partial charge in [-0.25, -0.2) is 0 Å². The van der Waals surface area contributed by atoms with Gasteiger partial charge < -0.3 is 5.73 Å².